The first-order valence-corrected chi connectivity index (χ1v) is 7.58. The summed E-state index contributed by atoms with van der Waals surface area (Å²) in [7, 11) is 0. The van der Waals surface area contributed by atoms with Crippen LogP contribution in [-0.4, -0.2) is 17.0 Å². The molecule has 1 aromatic carbocycles. The first-order valence-electron chi connectivity index (χ1n) is 7.58. The van der Waals surface area contributed by atoms with Crippen LogP contribution in [-0.2, 0) is 15.1 Å². The third-order valence-electron chi connectivity index (χ3n) is 3.94. The Morgan fingerprint density at radius 2 is 1.86 bits per heavy atom. The molecule has 4 nitrogen and oxygen atoms in total. The summed E-state index contributed by atoms with van der Waals surface area (Å²) in [4.78, 5) is 24.1. The molecule has 21 heavy (non-hydrogen) atoms. The quantitative estimate of drug-likeness (QED) is 0.772. The fraction of sp³-hybridized carbons (Fsp3) is 0.529. The van der Waals surface area contributed by atoms with Gasteiger partial charge >= 0.3 is 5.97 Å². The maximum atomic E-state index is 12.3. The van der Waals surface area contributed by atoms with Crippen LogP contribution in [0.5, 0.6) is 0 Å². The van der Waals surface area contributed by atoms with Crippen molar-refractivity contribution in [2.24, 2.45) is 5.92 Å². The molecule has 2 N–H and O–H groups in total. The highest BCUT2D eigenvalue weighted by atomic mass is 16.4. The van der Waals surface area contributed by atoms with Crippen molar-refractivity contribution in [3.8, 4) is 0 Å². The van der Waals surface area contributed by atoms with Gasteiger partial charge in [-0.1, -0.05) is 63.9 Å². The molecule has 0 radical (unpaired) electrons. The van der Waals surface area contributed by atoms with E-state index in [2.05, 4.69) is 12.2 Å². The number of rotatable bonds is 8. The second-order valence-corrected chi connectivity index (χ2v) is 5.46. The first-order chi connectivity index (χ1) is 9.97. The molecule has 1 rings (SSSR count). The predicted octanol–water partition coefficient (Wildman–Crippen LogP) is 3.32. The van der Waals surface area contributed by atoms with Crippen LogP contribution in [0.1, 0.15) is 52.0 Å². The van der Waals surface area contributed by atoms with Crippen LogP contribution in [0.2, 0.25) is 0 Å². The molecule has 0 aliphatic heterocycles. The molecule has 0 aromatic heterocycles. The van der Waals surface area contributed by atoms with E-state index in [4.69, 9.17) is 0 Å². The standard InChI is InChI=1S/C17H25NO3/c1-4-6-10-13(3)15(19)18-17(5-2,16(20)21)14-11-8-7-9-12-14/h7-9,11-13H,4-6,10H2,1-3H3,(H,18,19)(H,20,21). The number of carboxylic acids is 1. The van der Waals surface area contributed by atoms with Crippen LogP contribution in [0.3, 0.4) is 0 Å². The number of unbranched alkanes of at least 4 members (excludes halogenated alkanes) is 1. The molecular weight excluding hydrogens is 266 g/mol. The normalized spacial score (nSPS) is 15.0. The summed E-state index contributed by atoms with van der Waals surface area (Å²) in [5.74, 6) is -1.40. The van der Waals surface area contributed by atoms with Gasteiger partial charge in [0.1, 0.15) is 0 Å². The van der Waals surface area contributed by atoms with Crippen LogP contribution in [0.25, 0.3) is 0 Å². The van der Waals surface area contributed by atoms with Crippen molar-refractivity contribution in [2.75, 3.05) is 0 Å². The molecular formula is C17H25NO3. The summed E-state index contributed by atoms with van der Waals surface area (Å²) >= 11 is 0. The zero-order valence-corrected chi connectivity index (χ0v) is 13.1. The number of hydrogen-bond acceptors (Lipinski definition) is 2. The van der Waals surface area contributed by atoms with Crippen LogP contribution < -0.4 is 5.32 Å². The molecule has 0 aliphatic carbocycles. The van der Waals surface area contributed by atoms with Crippen LogP contribution in [0.15, 0.2) is 30.3 Å². The highest BCUT2D eigenvalue weighted by molar-refractivity contribution is 5.89. The molecule has 116 valence electrons. The van der Waals surface area contributed by atoms with E-state index in [1.807, 2.05) is 13.0 Å². The highest BCUT2D eigenvalue weighted by Gasteiger charge is 2.40. The average Bonchev–Trinajstić information content (AvgIpc) is 2.50. The minimum absolute atomic E-state index is 0.182. The van der Waals surface area contributed by atoms with Gasteiger partial charge in [0, 0.05) is 5.92 Å². The summed E-state index contributed by atoms with van der Waals surface area (Å²) in [6.07, 6.45) is 3.06. The molecule has 4 heteroatoms. The molecule has 0 bridgehead atoms. The number of amides is 1. The molecule has 0 spiro atoms. The van der Waals surface area contributed by atoms with Crippen molar-refractivity contribution in [2.45, 2.75) is 52.0 Å². The van der Waals surface area contributed by atoms with Gasteiger partial charge in [0.05, 0.1) is 0 Å². The summed E-state index contributed by atoms with van der Waals surface area (Å²) < 4.78 is 0. The number of carbonyl (C=O) groups excluding carboxylic acids is 1. The Labute approximate surface area is 126 Å². The Balaban J connectivity index is 3.00. The number of carboxylic acid groups (broad SMARTS) is 1. The van der Waals surface area contributed by atoms with Gasteiger partial charge < -0.3 is 10.4 Å². The topological polar surface area (TPSA) is 66.4 Å². The second kappa shape index (κ2) is 7.81. The average molecular weight is 291 g/mol. The van der Waals surface area contributed by atoms with Crippen molar-refractivity contribution < 1.29 is 14.7 Å². The van der Waals surface area contributed by atoms with Gasteiger partial charge in [0.25, 0.3) is 0 Å². The van der Waals surface area contributed by atoms with Crippen molar-refractivity contribution in [1.29, 1.82) is 0 Å². The largest absolute Gasteiger partial charge is 0.479 e. The number of hydrogen-bond donors (Lipinski definition) is 2. The lowest BCUT2D eigenvalue weighted by Gasteiger charge is -2.31. The lowest BCUT2D eigenvalue weighted by Crippen LogP contribution is -2.52. The van der Waals surface area contributed by atoms with Gasteiger partial charge in [-0.2, -0.15) is 0 Å². The SMILES string of the molecule is CCCCC(C)C(=O)NC(CC)(C(=O)O)c1ccccc1. The second-order valence-electron chi connectivity index (χ2n) is 5.46. The van der Waals surface area contributed by atoms with E-state index in [1.54, 1.807) is 31.2 Å². The van der Waals surface area contributed by atoms with E-state index in [0.29, 0.717) is 12.0 Å². The molecule has 1 aromatic rings. The van der Waals surface area contributed by atoms with Crippen molar-refractivity contribution >= 4 is 11.9 Å². The third-order valence-corrected chi connectivity index (χ3v) is 3.94. The maximum Gasteiger partial charge on any atom is 0.334 e. The van der Waals surface area contributed by atoms with E-state index in [9.17, 15) is 14.7 Å². The Bertz CT molecular complexity index is 472. The Kier molecular flexibility index (Phi) is 6.40. The highest BCUT2D eigenvalue weighted by Crippen LogP contribution is 2.26. The number of nitrogens with one attached hydrogen (secondary N) is 1. The number of benzene rings is 1. The lowest BCUT2D eigenvalue weighted by atomic mass is 9.86. The summed E-state index contributed by atoms with van der Waals surface area (Å²) in [5.41, 5.74) is -0.741. The minimum Gasteiger partial charge on any atom is -0.479 e. The zero-order chi connectivity index (χ0) is 15.9. The fourth-order valence-corrected chi connectivity index (χ4v) is 2.39. The van der Waals surface area contributed by atoms with Gasteiger partial charge in [-0.25, -0.2) is 4.79 Å². The van der Waals surface area contributed by atoms with E-state index in [-0.39, 0.29) is 11.8 Å². The molecule has 2 unspecified atom stereocenters. The van der Waals surface area contributed by atoms with Gasteiger partial charge in [0.2, 0.25) is 5.91 Å². The van der Waals surface area contributed by atoms with E-state index in [1.165, 1.54) is 0 Å². The zero-order valence-electron chi connectivity index (χ0n) is 13.1. The van der Waals surface area contributed by atoms with Crippen molar-refractivity contribution in [3.05, 3.63) is 35.9 Å². The van der Waals surface area contributed by atoms with E-state index < -0.39 is 11.5 Å². The molecule has 2 atom stereocenters. The van der Waals surface area contributed by atoms with Gasteiger partial charge in [0.15, 0.2) is 5.54 Å². The molecule has 0 fully saturated rings. The van der Waals surface area contributed by atoms with Gasteiger partial charge in [-0.3, -0.25) is 4.79 Å². The van der Waals surface area contributed by atoms with Crippen LogP contribution in [0.4, 0.5) is 0 Å². The van der Waals surface area contributed by atoms with Crippen molar-refractivity contribution in [1.82, 2.24) is 5.32 Å². The number of aliphatic carboxylic acids is 1. The van der Waals surface area contributed by atoms with E-state index in [0.717, 1.165) is 19.3 Å². The van der Waals surface area contributed by atoms with Crippen LogP contribution >= 0.6 is 0 Å². The molecule has 0 saturated heterocycles. The number of carbonyl (C=O) groups is 2. The Morgan fingerprint density at radius 1 is 1.24 bits per heavy atom. The summed E-state index contributed by atoms with van der Waals surface area (Å²) in [6.45, 7) is 5.69. The predicted molar refractivity (Wildman–Crippen MR) is 82.9 cm³/mol. The van der Waals surface area contributed by atoms with Gasteiger partial charge in [-0.05, 0) is 18.4 Å². The minimum atomic E-state index is -1.35. The monoisotopic (exact) mass is 291 g/mol. The molecule has 1 amide bonds. The molecule has 0 heterocycles. The first kappa shape index (κ1) is 17.2. The van der Waals surface area contributed by atoms with Crippen LogP contribution in [0, 0.1) is 5.92 Å². The van der Waals surface area contributed by atoms with Crippen molar-refractivity contribution in [3.63, 3.8) is 0 Å². The summed E-state index contributed by atoms with van der Waals surface area (Å²) in [5, 5.41) is 12.4. The van der Waals surface area contributed by atoms with Gasteiger partial charge in [-0.15, -0.1) is 0 Å². The summed E-state index contributed by atoms with van der Waals surface area (Å²) in [6, 6.07) is 8.89. The lowest BCUT2D eigenvalue weighted by molar-refractivity contribution is -0.149. The third kappa shape index (κ3) is 4.06. The maximum absolute atomic E-state index is 12.3. The fourth-order valence-electron chi connectivity index (χ4n) is 2.39. The molecule has 0 aliphatic rings. The van der Waals surface area contributed by atoms with E-state index >= 15 is 0 Å². The molecule has 0 saturated carbocycles. The smallest absolute Gasteiger partial charge is 0.334 e. The Hall–Kier alpha value is -1.84. The Morgan fingerprint density at radius 3 is 2.33 bits per heavy atom.